The maximum atomic E-state index is 12.6. The lowest BCUT2D eigenvalue weighted by atomic mass is 9.93. The van der Waals surface area contributed by atoms with E-state index in [9.17, 15) is 9.59 Å². The van der Waals surface area contributed by atoms with Crippen LogP contribution in [0.4, 0.5) is 0 Å². The third-order valence-corrected chi connectivity index (χ3v) is 5.69. The number of hydrogen-bond donors (Lipinski definition) is 1. The lowest BCUT2D eigenvalue weighted by molar-refractivity contribution is -0.133. The number of benzene rings is 1. The second-order valence-electron chi connectivity index (χ2n) is 7.06. The van der Waals surface area contributed by atoms with E-state index >= 15 is 0 Å². The van der Waals surface area contributed by atoms with Crippen LogP contribution in [0.5, 0.6) is 0 Å². The van der Waals surface area contributed by atoms with Crippen LogP contribution < -0.4 is 5.32 Å². The van der Waals surface area contributed by atoms with Crippen LogP contribution in [0.2, 0.25) is 10.0 Å². The highest BCUT2D eigenvalue weighted by molar-refractivity contribution is 6.35. The van der Waals surface area contributed by atoms with Gasteiger partial charge in [0.05, 0.1) is 0 Å². The van der Waals surface area contributed by atoms with Gasteiger partial charge in [-0.25, -0.2) is 0 Å². The predicted octanol–water partition coefficient (Wildman–Crippen LogP) is 3.48. The lowest BCUT2D eigenvalue weighted by Gasteiger charge is -2.35. The summed E-state index contributed by atoms with van der Waals surface area (Å²) in [7, 11) is 0. The number of amides is 2. The molecule has 0 atom stereocenters. The summed E-state index contributed by atoms with van der Waals surface area (Å²) in [6.07, 6.45) is 3.92. The molecule has 0 radical (unpaired) electrons. The van der Waals surface area contributed by atoms with Gasteiger partial charge in [-0.2, -0.15) is 0 Å². The molecular weight excluding hydrogens is 409 g/mol. The monoisotopic (exact) mass is 433 g/mol. The highest BCUT2D eigenvalue weighted by atomic mass is 35.5. The first-order valence-corrected chi connectivity index (χ1v) is 10.0. The number of carbonyl (C=O) groups is 2. The van der Waals surface area contributed by atoms with E-state index in [1.54, 1.807) is 23.1 Å². The molecular formula is C19H26Cl3N3O2. The van der Waals surface area contributed by atoms with Crippen molar-refractivity contribution in [2.45, 2.75) is 25.7 Å². The van der Waals surface area contributed by atoms with Crippen molar-refractivity contribution in [2.24, 2.45) is 5.92 Å². The Kier molecular flexibility index (Phi) is 8.67. The zero-order valence-electron chi connectivity index (χ0n) is 15.3. The van der Waals surface area contributed by atoms with E-state index in [1.807, 2.05) is 4.90 Å². The largest absolute Gasteiger partial charge is 0.339 e. The van der Waals surface area contributed by atoms with Gasteiger partial charge in [-0.05, 0) is 56.5 Å². The molecule has 2 aliphatic rings. The van der Waals surface area contributed by atoms with Gasteiger partial charge >= 0.3 is 0 Å². The van der Waals surface area contributed by atoms with Gasteiger partial charge in [-0.3, -0.25) is 9.59 Å². The maximum Gasteiger partial charge on any atom is 0.254 e. The first-order chi connectivity index (χ1) is 12.5. The van der Waals surface area contributed by atoms with Crippen LogP contribution in [-0.4, -0.2) is 60.9 Å². The Labute approximate surface area is 176 Å². The van der Waals surface area contributed by atoms with Gasteiger partial charge in [-0.15, -0.1) is 12.4 Å². The van der Waals surface area contributed by atoms with E-state index in [2.05, 4.69) is 5.32 Å². The predicted molar refractivity (Wildman–Crippen MR) is 111 cm³/mol. The van der Waals surface area contributed by atoms with Gasteiger partial charge < -0.3 is 15.1 Å². The quantitative estimate of drug-likeness (QED) is 0.789. The van der Waals surface area contributed by atoms with Crippen LogP contribution in [0.25, 0.3) is 0 Å². The molecule has 1 aromatic carbocycles. The molecule has 2 fully saturated rings. The van der Waals surface area contributed by atoms with Crippen LogP contribution >= 0.6 is 35.6 Å². The van der Waals surface area contributed by atoms with Crippen molar-refractivity contribution in [3.05, 3.63) is 33.8 Å². The molecule has 1 aromatic rings. The summed E-state index contributed by atoms with van der Waals surface area (Å²) in [5.74, 6) is 0.785. The highest BCUT2D eigenvalue weighted by Crippen LogP contribution is 2.21. The molecule has 0 aromatic heterocycles. The summed E-state index contributed by atoms with van der Waals surface area (Å²) in [6.45, 7) is 4.39. The van der Waals surface area contributed by atoms with Crippen molar-refractivity contribution in [3.8, 4) is 0 Å². The number of nitrogens with zero attached hydrogens (tertiary/aromatic N) is 2. The Morgan fingerprint density at radius 3 is 2.11 bits per heavy atom. The fourth-order valence-corrected chi connectivity index (χ4v) is 4.20. The van der Waals surface area contributed by atoms with Crippen LogP contribution in [0.1, 0.15) is 36.0 Å². The summed E-state index contributed by atoms with van der Waals surface area (Å²) in [4.78, 5) is 28.7. The number of hydrogen-bond acceptors (Lipinski definition) is 3. The molecule has 0 aliphatic carbocycles. The molecule has 5 nitrogen and oxygen atoms in total. The molecule has 0 bridgehead atoms. The highest BCUT2D eigenvalue weighted by Gasteiger charge is 2.25. The Hall–Kier alpha value is -1.01. The van der Waals surface area contributed by atoms with Crippen molar-refractivity contribution in [1.29, 1.82) is 0 Å². The number of nitrogens with one attached hydrogen (secondary N) is 1. The minimum absolute atomic E-state index is 0. The van der Waals surface area contributed by atoms with Crippen molar-refractivity contribution in [1.82, 2.24) is 15.1 Å². The van der Waals surface area contributed by atoms with Crippen molar-refractivity contribution in [3.63, 3.8) is 0 Å². The van der Waals surface area contributed by atoms with Gasteiger partial charge in [0.1, 0.15) is 0 Å². The van der Waals surface area contributed by atoms with Crippen LogP contribution in [0.3, 0.4) is 0 Å². The first-order valence-electron chi connectivity index (χ1n) is 9.27. The summed E-state index contributed by atoms with van der Waals surface area (Å²) < 4.78 is 0. The molecule has 2 saturated heterocycles. The normalized spacial score (nSPS) is 18.1. The van der Waals surface area contributed by atoms with Crippen molar-refractivity contribution < 1.29 is 9.59 Å². The number of piperidine rings is 1. The second kappa shape index (κ2) is 10.5. The average molecular weight is 435 g/mol. The van der Waals surface area contributed by atoms with E-state index < -0.39 is 0 Å². The zero-order chi connectivity index (χ0) is 18.5. The number of halogens is 3. The fourth-order valence-electron chi connectivity index (χ4n) is 3.67. The van der Waals surface area contributed by atoms with Crippen LogP contribution in [-0.2, 0) is 4.79 Å². The number of carbonyl (C=O) groups excluding carboxylic acids is 2. The fraction of sp³-hybridized carbons (Fsp3) is 0.579. The standard InChI is InChI=1S/C19H25Cl2N3O2.ClH/c20-16-11-15(12-17(21)13-16)19(26)24-9-7-23(8-10-24)18(25)2-1-14-3-5-22-6-4-14;/h11-14,22H,1-10H2;1H. The molecule has 0 unspecified atom stereocenters. The Bertz CT molecular complexity index is 637. The van der Waals surface area contributed by atoms with Gasteiger partial charge in [-0.1, -0.05) is 23.2 Å². The van der Waals surface area contributed by atoms with Gasteiger partial charge in [0, 0.05) is 48.2 Å². The Morgan fingerprint density at radius 1 is 0.963 bits per heavy atom. The number of rotatable bonds is 4. The van der Waals surface area contributed by atoms with Gasteiger partial charge in [0.2, 0.25) is 5.91 Å². The van der Waals surface area contributed by atoms with Gasteiger partial charge in [0.15, 0.2) is 0 Å². The zero-order valence-corrected chi connectivity index (χ0v) is 17.6. The van der Waals surface area contributed by atoms with Crippen LogP contribution in [0.15, 0.2) is 18.2 Å². The Morgan fingerprint density at radius 2 is 1.52 bits per heavy atom. The minimum Gasteiger partial charge on any atom is -0.339 e. The molecule has 150 valence electrons. The maximum absolute atomic E-state index is 12.6. The molecule has 27 heavy (non-hydrogen) atoms. The molecule has 3 rings (SSSR count). The molecule has 2 amide bonds. The first kappa shape index (κ1) is 22.3. The summed E-state index contributed by atoms with van der Waals surface area (Å²) >= 11 is 12.0. The molecule has 0 saturated carbocycles. The average Bonchev–Trinajstić information content (AvgIpc) is 2.65. The SMILES string of the molecule is Cl.O=C(CCC1CCNCC1)N1CCN(C(=O)c2cc(Cl)cc(Cl)c2)CC1. The van der Waals surface area contributed by atoms with Crippen molar-refractivity contribution >= 4 is 47.4 Å². The number of piperazine rings is 1. The molecule has 8 heteroatoms. The topological polar surface area (TPSA) is 52.7 Å². The second-order valence-corrected chi connectivity index (χ2v) is 7.94. The third kappa shape index (κ3) is 6.24. The minimum atomic E-state index is -0.0868. The molecule has 2 aliphatic heterocycles. The summed E-state index contributed by atoms with van der Waals surface area (Å²) in [6, 6.07) is 4.87. The summed E-state index contributed by atoms with van der Waals surface area (Å²) in [5.41, 5.74) is 0.494. The van der Waals surface area contributed by atoms with E-state index in [0.29, 0.717) is 54.1 Å². The van der Waals surface area contributed by atoms with Crippen molar-refractivity contribution in [2.75, 3.05) is 39.3 Å². The third-order valence-electron chi connectivity index (χ3n) is 5.25. The van der Waals surface area contributed by atoms with E-state index in [1.165, 1.54) is 0 Å². The smallest absolute Gasteiger partial charge is 0.254 e. The summed E-state index contributed by atoms with van der Waals surface area (Å²) in [5, 5.41) is 4.26. The molecule has 2 heterocycles. The van der Waals surface area contributed by atoms with Gasteiger partial charge in [0.25, 0.3) is 5.91 Å². The van der Waals surface area contributed by atoms with E-state index in [-0.39, 0.29) is 24.2 Å². The Balaban J connectivity index is 0.00000261. The molecule has 0 spiro atoms. The molecule has 1 N–H and O–H groups in total. The van der Waals surface area contributed by atoms with Crippen LogP contribution in [0, 0.1) is 5.92 Å². The lowest BCUT2D eigenvalue weighted by Crippen LogP contribution is -2.50. The van der Waals surface area contributed by atoms with E-state index in [4.69, 9.17) is 23.2 Å². The van der Waals surface area contributed by atoms with E-state index in [0.717, 1.165) is 32.4 Å².